The molecule has 1 heterocycles. The monoisotopic (exact) mass is 289 g/mol. The third kappa shape index (κ3) is 3.50. The molecular formula is C17H23NO3. The van der Waals surface area contributed by atoms with Crippen molar-refractivity contribution < 1.29 is 14.3 Å². The Balaban J connectivity index is 1.99. The number of rotatable bonds is 7. The van der Waals surface area contributed by atoms with Crippen LogP contribution in [0, 0.1) is 5.92 Å². The van der Waals surface area contributed by atoms with Crippen molar-refractivity contribution in [3.8, 4) is 0 Å². The van der Waals surface area contributed by atoms with Crippen LogP contribution in [0.25, 0.3) is 0 Å². The Labute approximate surface area is 126 Å². The topological polar surface area (TPSA) is 46.6 Å². The first kappa shape index (κ1) is 15.7. The van der Waals surface area contributed by atoms with E-state index < -0.39 is 11.7 Å². The number of amides is 1. The molecular weight excluding hydrogens is 266 g/mol. The maximum Gasteiger partial charge on any atom is 0.299 e. The minimum absolute atomic E-state index is 0.400. The molecule has 1 aliphatic rings. The third-order valence-corrected chi connectivity index (χ3v) is 3.74. The number of nitrogens with zero attached hydrogens (tertiary/aromatic N) is 1. The maximum atomic E-state index is 12.1. The molecule has 0 atom stereocenters. The second-order valence-electron chi connectivity index (χ2n) is 5.79. The van der Waals surface area contributed by atoms with E-state index in [9.17, 15) is 9.59 Å². The molecule has 0 aliphatic carbocycles. The van der Waals surface area contributed by atoms with Crippen LogP contribution in [0.5, 0.6) is 0 Å². The second-order valence-corrected chi connectivity index (χ2v) is 5.79. The van der Waals surface area contributed by atoms with Gasteiger partial charge in [-0.25, -0.2) is 0 Å². The van der Waals surface area contributed by atoms with Gasteiger partial charge in [0.15, 0.2) is 0 Å². The van der Waals surface area contributed by atoms with Crippen LogP contribution in [0.15, 0.2) is 18.2 Å². The normalized spacial score (nSPS) is 14.2. The van der Waals surface area contributed by atoms with Crippen molar-refractivity contribution >= 4 is 17.4 Å². The molecule has 1 amide bonds. The molecule has 0 unspecified atom stereocenters. The molecule has 4 nitrogen and oxygen atoms in total. The Morgan fingerprint density at radius 1 is 1.19 bits per heavy atom. The van der Waals surface area contributed by atoms with Gasteiger partial charge in [0.05, 0.1) is 17.9 Å². The van der Waals surface area contributed by atoms with Gasteiger partial charge in [-0.3, -0.25) is 9.59 Å². The van der Waals surface area contributed by atoms with E-state index in [1.54, 1.807) is 0 Å². The molecule has 21 heavy (non-hydrogen) atoms. The molecule has 0 saturated heterocycles. The molecule has 1 aromatic rings. The van der Waals surface area contributed by atoms with Crippen molar-refractivity contribution in [3.63, 3.8) is 0 Å². The van der Waals surface area contributed by atoms with Gasteiger partial charge in [-0.2, -0.15) is 0 Å². The van der Waals surface area contributed by atoms with Crippen molar-refractivity contribution in [2.75, 3.05) is 24.7 Å². The van der Waals surface area contributed by atoms with Crippen LogP contribution in [0.1, 0.15) is 43.1 Å². The minimum atomic E-state index is -0.439. The molecule has 0 fully saturated rings. The fourth-order valence-corrected chi connectivity index (χ4v) is 2.37. The van der Waals surface area contributed by atoms with E-state index >= 15 is 0 Å². The standard InChI is InChI=1S/C17H23NO3/c1-4-13-5-6-15-14(11-13)16(19)17(20)18(15)8-10-21-9-7-12(2)3/h5-6,11-12H,4,7-10H2,1-3H3. The Kier molecular flexibility index (Phi) is 5.12. The number of carbonyl (C=O) groups excluding carboxylic acids is 2. The average molecular weight is 289 g/mol. The number of Topliss-reactive ketones (excluding diaryl/α,β-unsaturated/α-hetero) is 1. The fraction of sp³-hybridized carbons (Fsp3) is 0.529. The van der Waals surface area contributed by atoms with Crippen molar-refractivity contribution in [3.05, 3.63) is 29.3 Å². The summed E-state index contributed by atoms with van der Waals surface area (Å²) >= 11 is 0. The van der Waals surface area contributed by atoms with E-state index in [4.69, 9.17) is 4.74 Å². The number of aryl methyl sites for hydroxylation is 1. The number of hydrogen-bond acceptors (Lipinski definition) is 3. The number of anilines is 1. The first-order valence-corrected chi connectivity index (χ1v) is 7.61. The highest BCUT2D eigenvalue weighted by atomic mass is 16.5. The highest BCUT2D eigenvalue weighted by Crippen LogP contribution is 2.29. The molecule has 0 bridgehead atoms. The summed E-state index contributed by atoms with van der Waals surface area (Å²) in [6.45, 7) is 7.90. The van der Waals surface area contributed by atoms with Crippen molar-refractivity contribution in [1.82, 2.24) is 0 Å². The Morgan fingerprint density at radius 3 is 2.62 bits per heavy atom. The van der Waals surface area contributed by atoms with Gasteiger partial charge >= 0.3 is 0 Å². The van der Waals surface area contributed by atoms with Gasteiger partial charge in [0.1, 0.15) is 0 Å². The summed E-state index contributed by atoms with van der Waals surface area (Å²) in [5.41, 5.74) is 2.32. The van der Waals surface area contributed by atoms with E-state index in [0.717, 1.165) is 24.1 Å². The lowest BCUT2D eigenvalue weighted by Gasteiger charge is -2.17. The molecule has 2 rings (SSSR count). The predicted molar refractivity (Wildman–Crippen MR) is 82.8 cm³/mol. The van der Waals surface area contributed by atoms with Crippen LogP contribution in [-0.2, 0) is 16.0 Å². The summed E-state index contributed by atoms with van der Waals surface area (Å²) in [5.74, 6) is -0.235. The number of benzene rings is 1. The SMILES string of the molecule is CCc1ccc2c(c1)C(=O)C(=O)N2CCOCCC(C)C. The lowest BCUT2D eigenvalue weighted by molar-refractivity contribution is -0.114. The predicted octanol–water partition coefficient (Wildman–Crippen LogP) is 2.84. The number of ketones is 1. The molecule has 1 aliphatic heterocycles. The second kappa shape index (κ2) is 6.85. The molecule has 0 aromatic heterocycles. The Bertz CT molecular complexity index is 537. The van der Waals surface area contributed by atoms with E-state index in [1.807, 2.05) is 25.1 Å². The third-order valence-electron chi connectivity index (χ3n) is 3.74. The van der Waals surface area contributed by atoms with Crippen LogP contribution in [-0.4, -0.2) is 31.4 Å². The van der Waals surface area contributed by atoms with Crippen LogP contribution in [0.4, 0.5) is 5.69 Å². The molecule has 0 saturated carbocycles. The molecule has 0 spiro atoms. The van der Waals surface area contributed by atoms with Gasteiger partial charge < -0.3 is 9.64 Å². The smallest absolute Gasteiger partial charge is 0.299 e. The van der Waals surface area contributed by atoms with Crippen LogP contribution < -0.4 is 4.90 Å². The number of ether oxygens (including phenoxy) is 1. The zero-order valence-corrected chi connectivity index (χ0v) is 13.0. The van der Waals surface area contributed by atoms with Crippen LogP contribution in [0.3, 0.4) is 0 Å². The number of fused-ring (bicyclic) bond motifs is 1. The summed E-state index contributed by atoms with van der Waals surface area (Å²) in [5, 5.41) is 0. The maximum absolute atomic E-state index is 12.1. The zero-order chi connectivity index (χ0) is 15.4. The van der Waals surface area contributed by atoms with Gasteiger partial charge in [-0.05, 0) is 36.5 Å². The number of carbonyl (C=O) groups is 2. The van der Waals surface area contributed by atoms with Gasteiger partial charge in [0, 0.05) is 13.2 Å². The van der Waals surface area contributed by atoms with Gasteiger partial charge in [-0.15, -0.1) is 0 Å². The minimum Gasteiger partial charge on any atom is -0.380 e. The van der Waals surface area contributed by atoms with Crippen LogP contribution >= 0.6 is 0 Å². The largest absolute Gasteiger partial charge is 0.380 e. The fourth-order valence-electron chi connectivity index (χ4n) is 2.37. The summed E-state index contributed by atoms with van der Waals surface area (Å²) in [6.07, 6.45) is 1.86. The molecule has 0 N–H and O–H groups in total. The van der Waals surface area contributed by atoms with Crippen molar-refractivity contribution in [2.45, 2.75) is 33.6 Å². The Hall–Kier alpha value is -1.68. The van der Waals surface area contributed by atoms with E-state index in [0.29, 0.717) is 31.2 Å². The van der Waals surface area contributed by atoms with Gasteiger partial charge in [0.25, 0.3) is 11.7 Å². The summed E-state index contributed by atoms with van der Waals surface area (Å²) in [6, 6.07) is 5.66. The molecule has 0 radical (unpaired) electrons. The Morgan fingerprint density at radius 2 is 1.95 bits per heavy atom. The lowest BCUT2D eigenvalue weighted by Crippen LogP contribution is -2.32. The first-order chi connectivity index (χ1) is 10.0. The van der Waals surface area contributed by atoms with E-state index in [2.05, 4.69) is 13.8 Å². The van der Waals surface area contributed by atoms with Crippen LogP contribution in [0.2, 0.25) is 0 Å². The van der Waals surface area contributed by atoms with E-state index in [1.165, 1.54) is 4.90 Å². The van der Waals surface area contributed by atoms with Crippen molar-refractivity contribution in [1.29, 1.82) is 0 Å². The molecule has 114 valence electrons. The molecule has 1 aromatic carbocycles. The summed E-state index contributed by atoms with van der Waals surface area (Å²) < 4.78 is 5.54. The van der Waals surface area contributed by atoms with Gasteiger partial charge in [0.2, 0.25) is 0 Å². The summed E-state index contributed by atoms with van der Waals surface area (Å²) in [4.78, 5) is 25.6. The van der Waals surface area contributed by atoms with Gasteiger partial charge in [-0.1, -0.05) is 26.8 Å². The summed E-state index contributed by atoms with van der Waals surface area (Å²) in [7, 11) is 0. The number of hydrogen-bond donors (Lipinski definition) is 0. The average Bonchev–Trinajstić information content (AvgIpc) is 2.71. The quantitative estimate of drug-likeness (QED) is 0.573. The molecule has 4 heteroatoms. The van der Waals surface area contributed by atoms with E-state index in [-0.39, 0.29) is 0 Å². The van der Waals surface area contributed by atoms with Crippen molar-refractivity contribution in [2.24, 2.45) is 5.92 Å². The zero-order valence-electron chi connectivity index (χ0n) is 13.0. The highest BCUT2D eigenvalue weighted by molar-refractivity contribution is 6.52. The highest BCUT2D eigenvalue weighted by Gasteiger charge is 2.35. The first-order valence-electron chi connectivity index (χ1n) is 7.61. The lowest BCUT2D eigenvalue weighted by atomic mass is 10.1.